The number of carbonyl (C=O) groups excluding carboxylic acids is 3. The van der Waals surface area contributed by atoms with E-state index in [9.17, 15) is 14.4 Å². The number of hydrogen-bond donors (Lipinski definition) is 2. The molecule has 0 heterocycles. The van der Waals surface area contributed by atoms with Gasteiger partial charge in [-0.3, -0.25) is 9.59 Å². The molecule has 0 saturated carbocycles. The summed E-state index contributed by atoms with van der Waals surface area (Å²) in [6, 6.07) is 25.3. The van der Waals surface area contributed by atoms with Gasteiger partial charge in [-0.05, 0) is 80.1 Å². The van der Waals surface area contributed by atoms with E-state index in [0.29, 0.717) is 46.5 Å². The lowest BCUT2D eigenvalue weighted by atomic mass is 10.1. The number of benzene rings is 4. The van der Waals surface area contributed by atoms with Gasteiger partial charge < -0.3 is 19.5 Å². The molecule has 0 bridgehead atoms. The third kappa shape index (κ3) is 8.92. The molecule has 2 amide bonds. The van der Waals surface area contributed by atoms with Crippen LogP contribution in [-0.4, -0.2) is 37.2 Å². The van der Waals surface area contributed by atoms with E-state index in [0.717, 1.165) is 5.56 Å². The molecule has 10 heteroatoms. The Morgan fingerprint density at radius 2 is 1.47 bits per heavy atom. The van der Waals surface area contributed by atoms with E-state index >= 15 is 0 Å². The summed E-state index contributed by atoms with van der Waals surface area (Å²) in [7, 11) is 0. The number of anilines is 1. The van der Waals surface area contributed by atoms with Crippen molar-refractivity contribution in [2.75, 3.05) is 18.5 Å². The topological polar surface area (TPSA) is 115 Å². The molecule has 4 aromatic carbocycles. The van der Waals surface area contributed by atoms with E-state index in [-0.39, 0.29) is 23.6 Å². The molecule has 0 aliphatic rings. The summed E-state index contributed by atoms with van der Waals surface area (Å²) >= 11 is 6.16. The van der Waals surface area contributed by atoms with Crippen LogP contribution in [0.15, 0.2) is 96.1 Å². The summed E-state index contributed by atoms with van der Waals surface area (Å²) < 4.78 is 16.8. The molecule has 0 aliphatic heterocycles. The molecule has 4 aromatic rings. The van der Waals surface area contributed by atoms with Crippen molar-refractivity contribution in [2.24, 2.45) is 5.10 Å². The summed E-state index contributed by atoms with van der Waals surface area (Å²) in [5, 5.41) is 7.20. The molecule has 0 aromatic heterocycles. The van der Waals surface area contributed by atoms with Gasteiger partial charge in [-0.1, -0.05) is 41.9 Å². The molecular weight excluding hydrogens is 570 g/mol. The smallest absolute Gasteiger partial charge is 0.343 e. The first-order chi connectivity index (χ1) is 20.9. The summed E-state index contributed by atoms with van der Waals surface area (Å²) in [6.45, 7) is 4.54. The minimum absolute atomic E-state index is 0.164. The van der Waals surface area contributed by atoms with Crippen molar-refractivity contribution >= 4 is 41.3 Å². The standard InChI is InChI=1S/C33H30ClN3O6/c1-3-41-29-16-12-24(20-30(29)42-4-2)33(40)43-28-17-13-26(34)19-25(28)21-35-37-32(39)23-10-14-27(15-11-23)36-31(38)18-22-8-6-5-7-9-22/h5-17,19-21H,3-4,18H2,1-2H3,(H,36,38)(H,37,39)/b35-21+. The lowest BCUT2D eigenvalue weighted by Crippen LogP contribution is -2.18. The third-order valence-electron chi connectivity index (χ3n) is 5.96. The molecule has 2 N–H and O–H groups in total. The Bertz CT molecular complexity index is 1610. The van der Waals surface area contributed by atoms with E-state index in [1.54, 1.807) is 54.6 Å². The molecule has 43 heavy (non-hydrogen) atoms. The monoisotopic (exact) mass is 599 g/mol. The molecular formula is C33H30ClN3O6. The highest BCUT2D eigenvalue weighted by atomic mass is 35.5. The van der Waals surface area contributed by atoms with Crippen molar-refractivity contribution in [3.63, 3.8) is 0 Å². The molecule has 9 nitrogen and oxygen atoms in total. The lowest BCUT2D eigenvalue weighted by Gasteiger charge is -2.13. The summed E-state index contributed by atoms with van der Waals surface area (Å²) in [4.78, 5) is 37.9. The Hall–Kier alpha value is -5.15. The Morgan fingerprint density at radius 3 is 2.19 bits per heavy atom. The fourth-order valence-electron chi connectivity index (χ4n) is 3.97. The molecule has 0 aliphatic carbocycles. The van der Waals surface area contributed by atoms with Crippen LogP contribution >= 0.6 is 11.6 Å². The SMILES string of the molecule is CCOc1ccc(C(=O)Oc2ccc(Cl)cc2/C=N/NC(=O)c2ccc(NC(=O)Cc3ccccc3)cc2)cc1OCC. The van der Waals surface area contributed by atoms with Crippen molar-refractivity contribution in [3.8, 4) is 17.2 Å². The molecule has 0 radical (unpaired) electrons. The molecule has 0 saturated heterocycles. The quantitative estimate of drug-likeness (QED) is 0.0854. The van der Waals surface area contributed by atoms with Gasteiger partial charge in [0.25, 0.3) is 5.91 Å². The van der Waals surface area contributed by atoms with Gasteiger partial charge in [0.15, 0.2) is 11.5 Å². The average Bonchev–Trinajstić information content (AvgIpc) is 3.00. The van der Waals surface area contributed by atoms with Crippen LogP contribution in [0.3, 0.4) is 0 Å². The van der Waals surface area contributed by atoms with E-state index in [1.165, 1.54) is 12.3 Å². The number of nitrogens with one attached hydrogen (secondary N) is 2. The highest BCUT2D eigenvalue weighted by molar-refractivity contribution is 6.31. The third-order valence-corrected chi connectivity index (χ3v) is 6.20. The van der Waals surface area contributed by atoms with Crippen molar-refractivity contribution in [1.29, 1.82) is 0 Å². The minimum atomic E-state index is -0.624. The van der Waals surface area contributed by atoms with Gasteiger partial charge in [0.05, 0.1) is 31.4 Å². The maximum absolute atomic E-state index is 12.9. The second-order valence-corrected chi connectivity index (χ2v) is 9.52. The van der Waals surface area contributed by atoms with Gasteiger partial charge >= 0.3 is 5.97 Å². The maximum Gasteiger partial charge on any atom is 0.343 e. The van der Waals surface area contributed by atoms with Gasteiger partial charge in [-0.25, -0.2) is 10.2 Å². The number of carbonyl (C=O) groups is 3. The van der Waals surface area contributed by atoms with E-state index in [4.69, 9.17) is 25.8 Å². The average molecular weight is 600 g/mol. The number of hydrogen-bond acceptors (Lipinski definition) is 7. The Labute approximate surface area is 254 Å². The predicted octanol–water partition coefficient (Wildman–Crippen LogP) is 6.30. The van der Waals surface area contributed by atoms with Crippen LogP contribution in [0.1, 0.15) is 45.7 Å². The fourth-order valence-corrected chi connectivity index (χ4v) is 4.15. The first kappa shape index (κ1) is 30.8. The largest absolute Gasteiger partial charge is 0.490 e. The van der Waals surface area contributed by atoms with Gasteiger partial charge in [-0.15, -0.1) is 0 Å². The maximum atomic E-state index is 12.9. The van der Waals surface area contributed by atoms with Crippen LogP contribution in [-0.2, 0) is 11.2 Å². The zero-order valence-corrected chi connectivity index (χ0v) is 24.4. The summed E-state index contributed by atoms with van der Waals surface area (Å²) in [5.41, 5.74) is 4.87. The molecule has 4 rings (SSSR count). The Kier molecular flexibility index (Phi) is 10.9. The molecule has 0 spiro atoms. The highest BCUT2D eigenvalue weighted by Crippen LogP contribution is 2.30. The minimum Gasteiger partial charge on any atom is -0.490 e. The van der Waals surface area contributed by atoms with E-state index < -0.39 is 11.9 Å². The second kappa shape index (κ2) is 15.2. The number of rotatable bonds is 12. The Balaban J connectivity index is 1.38. The zero-order valence-electron chi connectivity index (χ0n) is 23.6. The number of hydrazone groups is 1. The van der Waals surface area contributed by atoms with Crippen LogP contribution < -0.4 is 25.0 Å². The number of nitrogens with zero attached hydrogens (tertiary/aromatic N) is 1. The van der Waals surface area contributed by atoms with Gasteiger partial charge in [0.1, 0.15) is 5.75 Å². The number of ether oxygens (including phenoxy) is 3. The summed E-state index contributed by atoms with van der Waals surface area (Å²) in [5.74, 6) is -0.115. The first-order valence-corrected chi connectivity index (χ1v) is 13.9. The van der Waals surface area contributed by atoms with Crippen molar-refractivity contribution in [1.82, 2.24) is 5.43 Å². The van der Waals surface area contributed by atoms with Crippen LogP contribution in [0.5, 0.6) is 17.2 Å². The first-order valence-electron chi connectivity index (χ1n) is 13.5. The zero-order chi connectivity index (χ0) is 30.6. The predicted molar refractivity (Wildman–Crippen MR) is 165 cm³/mol. The van der Waals surface area contributed by atoms with Crippen molar-refractivity contribution < 1.29 is 28.6 Å². The molecule has 0 unspecified atom stereocenters. The van der Waals surface area contributed by atoms with Gasteiger partial charge in [0, 0.05) is 21.8 Å². The second-order valence-electron chi connectivity index (χ2n) is 9.09. The van der Waals surface area contributed by atoms with Crippen LogP contribution in [0, 0.1) is 0 Å². The van der Waals surface area contributed by atoms with E-state index in [1.807, 2.05) is 44.2 Å². The number of esters is 1. The number of halogens is 1. The van der Waals surface area contributed by atoms with Crippen LogP contribution in [0.4, 0.5) is 5.69 Å². The molecule has 0 atom stereocenters. The highest BCUT2D eigenvalue weighted by Gasteiger charge is 2.16. The van der Waals surface area contributed by atoms with E-state index in [2.05, 4.69) is 15.8 Å². The van der Waals surface area contributed by atoms with Gasteiger partial charge in [0.2, 0.25) is 5.91 Å². The lowest BCUT2D eigenvalue weighted by molar-refractivity contribution is -0.115. The normalized spacial score (nSPS) is 10.7. The van der Waals surface area contributed by atoms with Crippen LogP contribution in [0.2, 0.25) is 5.02 Å². The van der Waals surface area contributed by atoms with Crippen molar-refractivity contribution in [3.05, 3.63) is 118 Å². The van der Waals surface area contributed by atoms with Crippen LogP contribution in [0.25, 0.3) is 0 Å². The van der Waals surface area contributed by atoms with Gasteiger partial charge in [-0.2, -0.15) is 5.10 Å². The summed E-state index contributed by atoms with van der Waals surface area (Å²) in [6.07, 6.45) is 1.57. The molecule has 0 fully saturated rings. The Morgan fingerprint density at radius 1 is 0.791 bits per heavy atom. The van der Waals surface area contributed by atoms with Crippen molar-refractivity contribution in [2.45, 2.75) is 20.3 Å². The number of amides is 2. The molecule has 220 valence electrons. The fraction of sp³-hybridized carbons (Fsp3) is 0.152.